The Hall–Kier alpha value is -0.600. The zero-order valence-electron chi connectivity index (χ0n) is 7.39. The summed E-state index contributed by atoms with van der Waals surface area (Å²) < 4.78 is 1.14. The number of halogens is 1. The molecule has 1 nitrogen and oxygen atoms in total. The molecule has 0 saturated heterocycles. The van der Waals surface area contributed by atoms with Crippen molar-refractivity contribution in [1.82, 2.24) is 5.32 Å². The van der Waals surface area contributed by atoms with E-state index in [4.69, 9.17) is 0 Å². The molecular formula is C11H12BrN. The lowest BCUT2D eigenvalue weighted by molar-refractivity contribution is 0.739. The van der Waals surface area contributed by atoms with E-state index in [1.54, 1.807) is 0 Å². The van der Waals surface area contributed by atoms with Crippen molar-refractivity contribution in [3.8, 4) is 0 Å². The molecule has 1 aliphatic rings. The van der Waals surface area contributed by atoms with E-state index in [0.717, 1.165) is 24.0 Å². The van der Waals surface area contributed by atoms with Crippen molar-refractivity contribution in [3.63, 3.8) is 0 Å². The summed E-state index contributed by atoms with van der Waals surface area (Å²) in [5, 5.41) is 3.37. The monoisotopic (exact) mass is 237 g/mol. The maximum atomic E-state index is 3.43. The number of nitrogens with one attached hydrogen (secondary N) is 1. The van der Waals surface area contributed by atoms with E-state index in [-0.39, 0.29) is 0 Å². The highest BCUT2D eigenvalue weighted by atomic mass is 79.9. The van der Waals surface area contributed by atoms with Crippen LogP contribution in [-0.2, 0) is 0 Å². The predicted octanol–water partition coefficient (Wildman–Crippen LogP) is 2.83. The molecule has 0 aromatic heterocycles. The van der Waals surface area contributed by atoms with E-state index < -0.39 is 0 Å². The van der Waals surface area contributed by atoms with Crippen LogP contribution in [0.2, 0.25) is 0 Å². The van der Waals surface area contributed by atoms with Crippen molar-refractivity contribution in [2.45, 2.75) is 6.42 Å². The molecule has 1 aliphatic heterocycles. The Morgan fingerprint density at radius 1 is 1.15 bits per heavy atom. The first-order valence-electron chi connectivity index (χ1n) is 4.52. The molecule has 0 aliphatic carbocycles. The first kappa shape index (κ1) is 8.97. The average molecular weight is 238 g/mol. The zero-order chi connectivity index (χ0) is 9.10. The topological polar surface area (TPSA) is 12.0 Å². The van der Waals surface area contributed by atoms with Gasteiger partial charge in [0.1, 0.15) is 0 Å². The Labute approximate surface area is 87.0 Å². The molecule has 1 aromatic rings. The van der Waals surface area contributed by atoms with Gasteiger partial charge in [0.2, 0.25) is 0 Å². The third-order valence-electron chi connectivity index (χ3n) is 2.24. The fraction of sp³-hybridized carbons (Fsp3) is 0.273. The van der Waals surface area contributed by atoms with Gasteiger partial charge in [0, 0.05) is 11.0 Å². The summed E-state index contributed by atoms with van der Waals surface area (Å²) in [5.41, 5.74) is 2.74. The molecule has 1 heterocycles. The fourth-order valence-electron chi connectivity index (χ4n) is 1.53. The normalized spacial score (nSPS) is 16.8. The Balaban J connectivity index is 2.24. The third kappa shape index (κ3) is 2.20. The largest absolute Gasteiger partial charge is 0.312 e. The Morgan fingerprint density at radius 3 is 2.54 bits per heavy atom. The van der Waals surface area contributed by atoms with Gasteiger partial charge in [-0.25, -0.2) is 0 Å². The summed E-state index contributed by atoms with van der Waals surface area (Å²) in [6, 6.07) is 8.49. The molecule has 0 amide bonds. The minimum absolute atomic E-state index is 1.00. The van der Waals surface area contributed by atoms with Gasteiger partial charge in [-0.2, -0.15) is 0 Å². The zero-order valence-corrected chi connectivity index (χ0v) is 8.97. The summed E-state index contributed by atoms with van der Waals surface area (Å²) in [4.78, 5) is 0. The van der Waals surface area contributed by atoms with Crippen molar-refractivity contribution < 1.29 is 0 Å². The van der Waals surface area contributed by atoms with Crippen molar-refractivity contribution in [2.75, 3.05) is 13.1 Å². The molecule has 0 radical (unpaired) electrons. The summed E-state index contributed by atoms with van der Waals surface area (Å²) in [5.74, 6) is 0. The van der Waals surface area contributed by atoms with Crippen molar-refractivity contribution in [3.05, 3.63) is 40.4 Å². The maximum absolute atomic E-state index is 3.43. The van der Waals surface area contributed by atoms with Crippen LogP contribution < -0.4 is 5.32 Å². The Morgan fingerprint density at radius 2 is 1.92 bits per heavy atom. The van der Waals surface area contributed by atoms with Gasteiger partial charge >= 0.3 is 0 Å². The summed E-state index contributed by atoms with van der Waals surface area (Å²) >= 11 is 3.43. The van der Waals surface area contributed by atoms with E-state index in [9.17, 15) is 0 Å². The van der Waals surface area contributed by atoms with Crippen molar-refractivity contribution >= 4 is 21.5 Å². The smallest absolute Gasteiger partial charge is 0.0208 e. The molecule has 68 valence electrons. The van der Waals surface area contributed by atoms with Gasteiger partial charge in [0.05, 0.1) is 0 Å². The van der Waals surface area contributed by atoms with Crippen LogP contribution in [0.3, 0.4) is 0 Å². The van der Waals surface area contributed by atoms with E-state index in [1.807, 2.05) is 0 Å². The lowest BCUT2D eigenvalue weighted by Crippen LogP contribution is -2.21. The molecule has 13 heavy (non-hydrogen) atoms. The van der Waals surface area contributed by atoms with Gasteiger partial charge in [-0.3, -0.25) is 0 Å². The molecule has 0 spiro atoms. The van der Waals surface area contributed by atoms with E-state index in [2.05, 4.69) is 51.6 Å². The van der Waals surface area contributed by atoms with Gasteiger partial charge in [0.25, 0.3) is 0 Å². The molecule has 2 heteroatoms. The SMILES string of the molecule is Brc1ccc(C2=CCCNC2)cc1. The molecule has 1 N–H and O–H groups in total. The fourth-order valence-corrected chi connectivity index (χ4v) is 1.79. The lowest BCUT2D eigenvalue weighted by atomic mass is 10.0. The second-order valence-electron chi connectivity index (χ2n) is 3.20. The molecule has 0 fully saturated rings. The van der Waals surface area contributed by atoms with Crippen LogP contribution >= 0.6 is 15.9 Å². The molecular weight excluding hydrogens is 226 g/mol. The molecule has 0 bridgehead atoms. The van der Waals surface area contributed by atoms with Crippen LogP contribution in [-0.4, -0.2) is 13.1 Å². The third-order valence-corrected chi connectivity index (χ3v) is 2.77. The van der Waals surface area contributed by atoms with Crippen molar-refractivity contribution in [1.29, 1.82) is 0 Å². The predicted molar refractivity (Wildman–Crippen MR) is 59.6 cm³/mol. The number of rotatable bonds is 1. The quantitative estimate of drug-likeness (QED) is 0.793. The minimum Gasteiger partial charge on any atom is -0.312 e. The number of hydrogen-bond donors (Lipinski definition) is 1. The highest BCUT2D eigenvalue weighted by Crippen LogP contribution is 2.19. The van der Waals surface area contributed by atoms with E-state index in [1.165, 1.54) is 11.1 Å². The molecule has 0 saturated carbocycles. The lowest BCUT2D eigenvalue weighted by Gasteiger charge is -2.14. The minimum atomic E-state index is 1.00. The second-order valence-corrected chi connectivity index (χ2v) is 4.12. The second kappa shape index (κ2) is 4.07. The van der Waals surface area contributed by atoms with Crippen LogP contribution in [0.25, 0.3) is 5.57 Å². The Kier molecular flexibility index (Phi) is 2.81. The van der Waals surface area contributed by atoms with Crippen LogP contribution in [0, 0.1) is 0 Å². The van der Waals surface area contributed by atoms with E-state index in [0.29, 0.717) is 0 Å². The van der Waals surface area contributed by atoms with Gasteiger partial charge in [-0.1, -0.05) is 34.1 Å². The highest BCUT2D eigenvalue weighted by molar-refractivity contribution is 9.10. The summed E-state index contributed by atoms with van der Waals surface area (Å²) in [6.45, 7) is 2.11. The molecule has 0 unspecified atom stereocenters. The first-order valence-corrected chi connectivity index (χ1v) is 5.31. The van der Waals surface area contributed by atoms with Gasteiger partial charge < -0.3 is 5.32 Å². The maximum Gasteiger partial charge on any atom is 0.0208 e. The van der Waals surface area contributed by atoms with Crippen LogP contribution in [0.15, 0.2) is 34.8 Å². The summed E-state index contributed by atoms with van der Waals surface area (Å²) in [7, 11) is 0. The first-order chi connectivity index (χ1) is 6.36. The van der Waals surface area contributed by atoms with E-state index >= 15 is 0 Å². The Bertz CT molecular complexity index is 313. The van der Waals surface area contributed by atoms with Gasteiger partial charge in [0.15, 0.2) is 0 Å². The molecule has 1 aromatic carbocycles. The standard InChI is InChI=1S/C11H12BrN/c12-11-5-3-9(4-6-11)10-2-1-7-13-8-10/h2-6,13H,1,7-8H2. The molecule has 2 rings (SSSR count). The molecule has 0 atom stereocenters. The number of benzene rings is 1. The summed E-state index contributed by atoms with van der Waals surface area (Å²) in [6.07, 6.45) is 3.46. The highest BCUT2D eigenvalue weighted by Gasteiger charge is 2.04. The van der Waals surface area contributed by atoms with Crippen molar-refractivity contribution in [2.24, 2.45) is 0 Å². The number of hydrogen-bond acceptors (Lipinski definition) is 1. The van der Waals surface area contributed by atoms with Gasteiger partial charge in [-0.05, 0) is 36.2 Å². The van der Waals surface area contributed by atoms with Crippen LogP contribution in [0.4, 0.5) is 0 Å². The van der Waals surface area contributed by atoms with Crippen LogP contribution in [0.1, 0.15) is 12.0 Å². The average Bonchev–Trinajstić information content (AvgIpc) is 2.20. The van der Waals surface area contributed by atoms with Gasteiger partial charge in [-0.15, -0.1) is 0 Å². The van der Waals surface area contributed by atoms with Crippen LogP contribution in [0.5, 0.6) is 0 Å².